The predicted molar refractivity (Wildman–Crippen MR) is 82.5 cm³/mol. The lowest BCUT2D eigenvalue weighted by Gasteiger charge is -2.30. The van der Waals surface area contributed by atoms with Crippen molar-refractivity contribution in [3.05, 3.63) is 35.9 Å². The fraction of sp³-hybridized carbons (Fsp3) is 0.588. The minimum Gasteiger partial charge on any atom is -0.355 e. The van der Waals surface area contributed by atoms with Gasteiger partial charge in [-0.3, -0.25) is 4.79 Å². The average Bonchev–Trinajstić information content (AvgIpc) is 2.94. The summed E-state index contributed by atoms with van der Waals surface area (Å²) in [6, 6.07) is 10.7. The highest BCUT2D eigenvalue weighted by molar-refractivity contribution is 5.76. The number of carbonyl (C=O) groups excluding carboxylic acids is 1. The maximum Gasteiger partial charge on any atom is 0.220 e. The van der Waals surface area contributed by atoms with Crippen LogP contribution in [-0.4, -0.2) is 18.5 Å². The van der Waals surface area contributed by atoms with Gasteiger partial charge in [-0.25, -0.2) is 0 Å². The molecule has 3 heteroatoms. The number of hydrogen-bond donors (Lipinski definition) is 2. The summed E-state index contributed by atoms with van der Waals surface area (Å²) in [7, 11) is 0. The highest BCUT2D eigenvalue weighted by Gasteiger charge is 2.35. The van der Waals surface area contributed by atoms with Gasteiger partial charge in [-0.05, 0) is 31.7 Å². The molecule has 3 N–H and O–H groups in total. The van der Waals surface area contributed by atoms with E-state index < -0.39 is 0 Å². The van der Waals surface area contributed by atoms with Crippen LogP contribution in [0, 0.1) is 0 Å². The van der Waals surface area contributed by atoms with Crippen LogP contribution in [0.1, 0.15) is 51.0 Å². The molecule has 1 unspecified atom stereocenters. The Kier molecular flexibility index (Phi) is 5.18. The van der Waals surface area contributed by atoms with Crippen LogP contribution in [0.25, 0.3) is 0 Å². The maximum absolute atomic E-state index is 11.9. The van der Waals surface area contributed by atoms with Crippen molar-refractivity contribution < 1.29 is 4.79 Å². The van der Waals surface area contributed by atoms with Gasteiger partial charge in [0.15, 0.2) is 0 Å². The molecule has 2 rings (SSSR count). The fourth-order valence-corrected chi connectivity index (χ4v) is 3.13. The number of benzene rings is 1. The Hall–Kier alpha value is -1.35. The first-order valence-electron chi connectivity index (χ1n) is 7.70. The number of rotatable bonds is 6. The van der Waals surface area contributed by atoms with Crippen molar-refractivity contribution in [2.24, 2.45) is 5.73 Å². The zero-order chi connectivity index (χ0) is 14.4. The largest absolute Gasteiger partial charge is 0.355 e. The minimum atomic E-state index is 0.0929. The Labute approximate surface area is 121 Å². The SMILES string of the molecule is CC(N)CCC(=O)NCC1(c2ccccc2)CCCC1. The highest BCUT2D eigenvalue weighted by atomic mass is 16.1. The lowest BCUT2D eigenvalue weighted by molar-refractivity contribution is -0.121. The van der Waals surface area contributed by atoms with E-state index >= 15 is 0 Å². The topological polar surface area (TPSA) is 55.1 Å². The van der Waals surface area contributed by atoms with Crippen molar-refractivity contribution >= 4 is 5.91 Å². The molecule has 0 aromatic heterocycles. The summed E-state index contributed by atoms with van der Waals surface area (Å²) in [5.41, 5.74) is 7.21. The van der Waals surface area contributed by atoms with Gasteiger partial charge in [-0.2, -0.15) is 0 Å². The van der Waals surface area contributed by atoms with Crippen LogP contribution in [-0.2, 0) is 10.2 Å². The van der Waals surface area contributed by atoms with Crippen LogP contribution in [0.4, 0.5) is 0 Å². The molecule has 0 bridgehead atoms. The van der Waals surface area contributed by atoms with Gasteiger partial charge < -0.3 is 11.1 Å². The Bertz CT molecular complexity index is 422. The molecule has 1 aromatic carbocycles. The van der Waals surface area contributed by atoms with Gasteiger partial charge in [-0.1, -0.05) is 43.2 Å². The smallest absolute Gasteiger partial charge is 0.220 e. The third kappa shape index (κ3) is 3.83. The molecule has 1 saturated carbocycles. The molecule has 1 atom stereocenters. The summed E-state index contributed by atoms with van der Waals surface area (Å²) in [6.07, 6.45) is 6.14. The van der Waals surface area contributed by atoms with Crippen molar-refractivity contribution in [3.63, 3.8) is 0 Å². The van der Waals surface area contributed by atoms with Gasteiger partial charge in [0, 0.05) is 24.4 Å². The molecular weight excluding hydrogens is 248 g/mol. The second-order valence-corrected chi connectivity index (χ2v) is 6.15. The van der Waals surface area contributed by atoms with Gasteiger partial charge in [-0.15, -0.1) is 0 Å². The third-order valence-corrected chi connectivity index (χ3v) is 4.40. The van der Waals surface area contributed by atoms with Crippen LogP contribution in [0.15, 0.2) is 30.3 Å². The summed E-state index contributed by atoms with van der Waals surface area (Å²) in [5.74, 6) is 0.129. The summed E-state index contributed by atoms with van der Waals surface area (Å²) in [5, 5.41) is 3.12. The molecule has 0 radical (unpaired) electrons. The molecule has 110 valence electrons. The van der Waals surface area contributed by atoms with E-state index in [1.165, 1.54) is 31.2 Å². The summed E-state index contributed by atoms with van der Waals surface area (Å²) >= 11 is 0. The van der Waals surface area contributed by atoms with Crippen molar-refractivity contribution in [2.75, 3.05) is 6.54 Å². The van der Waals surface area contributed by atoms with Gasteiger partial charge in [0.2, 0.25) is 5.91 Å². The second kappa shape index (κ2) is 6.89. The molecule has 1 amide bonds. The van der Waals surface area contributed by atoms with E-state index in [0.29, 0.717) is 6.42 Å². The van der Waals surface area contributed by atoms with E-state index in [4.69, 9.17) is 5.73 Å². The van der Waals surface area contributed by atoms with Crippen molar-refractivity contribution in [3.8, 4) is 0 Å². The third-order valence-electron chi connectivity index (χ3n) is 4.40. The molecule has 1 aromatic rings. The number of nitrogens with one attached hydrogen (secondary N) is 1. The van der Waals surface area contributed by atoms with E-state index in [1.54, 1.807) is 0 Å². The lowest BCUT2D eigenvalue weighted by atomic mass is 9.79. The number of nitrogens with two attached hydrogens (primary N) is 1. The lowest BCUT2D eigenvalue weighted by Crippen LogP contribution is -2.39. The number of hydrogen-bond acceptors (Lipinski definition) is 2. The Morgan fingerprint density at radius 3 is 2.55 bits per heavy atom. The fourth-order valence-electron chi connectivity index (χ4n) is 3.13. The van der Waals surface area contributed by atoms with Crippen molar-refractivity contribution in [2.45, 2.75) is 56.9 Å². The molecular formula is C17H26N2O. The highest BCUT2D eigenvalue weighted by Crippen LogP contribution is 2.40. The standard InChI is InChI=1S/C17H26N2O/c1-14(18)9-10-16(20)19-13-17(11-5-6-12-17)15-7-3-2-4-8-15/h2-4,7-8,14H,5-6,9-13,18H2,1H3,(H,19,20). The van der Waals surface area contributed by atoms with Crippen LogP contribution >= 0.6 is 0 Å². The van der Waals surface area contributed by atoms with Crippen LogP contribution in [0.2, 0.25) is 0 Å². The van der Waals surface area contributed by atoms with Gasteiger partial charge in [0.05, 0.1) is 0 Å². The van der Waals surface area contributed by atoms with E-state index in [-0.39, 0.29) is 17.4 Å². The van der Waals surface area contributed by atoms with E-state index in [1.807, 2.05) is 13.0 Å². The van der Waals surface area contributed by atoms with Gasteiger partial charge >= 0.3 is 0 Å². The van der Waals surface area contributed by atoms with E-state index in [9.17, 15) is 4.79 Å². The van der Waals surface area contributed by atoms with Crippen LogP contribution in [0.5, 0.6) is 0 Å². The predicted octanol–water partition coefficient (Wildman–Crippen LogP) is 2.74. The van der Waals surface area contributed by atoms with Gasteiger partial charge in [0.1, 0.15) is 0 Å². The Morgan fingerprint density at radius 1 is 1.30 bits per heavy atom. The monoisotopic (exact) mass is 274 g/mol. The zero-order valence-corrected chi connectivity index (χ0v) is 12.4. The first-order chi connectivity index (χ1) is 9.62. The Morgan fingerprint density at radius 2 is 1.95 bits per heavy atom. The van der Waals surface area contributed by atoms with Crippen LogP contribution < -0.4 is 11.1 Å². The number of amides is 1. The van der Waals surface area contributed by atoms with Crippen LogP contribution in [0.3, 0.4) is 0 Å². The Balaban J connectivity index is 1.95. The molecule has 1 aliphatic carbocycles. The average molecular weight is 274 g/mol. The maximum atomic E-state index is 11.9. The minimum absolute atomic E-state index is 0.0929. The molecule has 0 aliphatic heterocycles. The molecule has 20 heavy (non-hydrogen) atoms. The first kappa shape index (κ1) is 15.0. The molecule has 0 saturated heterocycles. The number of carbonyl (C=O) groups is 1. The first-order valence-corrected chi connectivity index (χ1v) is 7.70. The molecule has 1 aliphatic rings. The normalized spacial score (nSPS) is 18.7. The molecule has 0 spiro atoms. The quantitative estimate of drug-likeness (QED) is 0.838. The summed E-state index contributed by atoms with van der Waals surface area (Å²) in [6.45, 7) is 2.70. The van der Waals surface area contributed by atoms with E-state index in [0.717, 1.165) is 13.0 Å². The van der Waals surface area contributed by atoms with E-state index in [2.05, 4.69) is 29.6 Å². The molecule has 1 fully saturated rings. The molecule has 3 nitrogen and oxygen atoms in total. The van der Waals surface area contributed by atoms with Gasteiger partial charge in [0.25, 0.3) is 0 Å². The summed E-state index contributed by atoms with van der Waals surface area (Å²) in [4.78, 5) is 11.9. The summed E-state index contributed by atoms with van der Waals surface area (Å²) < 4.78 is 0. The second-order valence-electron chi connectivity index (χ2n) is 6.15. The van der Waals surface area contributed by atoms with Crippen molar-refractivity contribution in [1.82, 2.24) is 5.32 Å². The van der Waals surface area contributed by atoms with Crippen molar-refractivity contribution in [1.29, 1.82) is 0 Å². The zero-order valence-electron chi connectivity index (χ0n) is 12.4. The molecule has 0 heterocycles.